The molecule has 0 fully saturated rings. The van der Waals surface area contributed by atoms with Crippen molar-refractivity contribution in [2.75, 3.05) is 6.61 Å². The zero-order valence-electron chi connectivity index (χ0n) is 11.0. The highest BCUT2D eigenvalue weighted by Crippen LogP contribution is 2.30. The number of rotatable bonds is 6. The summed E-state index contributed by atoms with van der Waals surface area (Å²) in [7, 11) is 0. The third-order valence-corrected chi connectivity index (χ3v) is 2.49. The van der Waals surface area contributed by atoms with Crippen LogP contribution in [0.3, 0.4) is 0 Å². The Balaban J connectivity index is 2.87. The van der Waals surface area contributed by atoms with Crippen molar-refractivity contribution >= 4 is 5.97 Å². The third kappa shape index (κ3) is 5.97. The van der Waals surface area contributed by atoms with E-state index >= 15 is 0 Å². The molecule has 0 N–H and O–H groups in total. The van der Waals surface area contributed by atoms with E-state index in [2.05, 4.69) is 9.47 Å². The predicted octanol–water partition coefficient (Wildman–Crippen LogP) is 4.02. The van der Waals surface area contributed by atoms with Crippen LogP contribution in [0.4, 0.5) is 22.0 Å². The second kappa shape index (κ2) is 7.24. The molecule has 3 nitrogen and oxygen atoms in total. The van der Waals surface area contributed by atoms with Crippen LogP contribution >= 0.6 is 0 Å². The maximum absolute atomic E-state index is 12.9. The molecule has 1 aromatic carbocycles. The molecule has 0 bridgehead atoms. The summed E-state index contributed by atoms with van der Waals surface area (Å²) in [5, 5.41) is 0. The van der Waals surface area contributed by atoms with Crippen molar-refractivity contribution in [3.8, 4) is 5.75 Å². The molecule has 0 radical (unpaired) electrons. The quantitative estimate of drug-likeness (QED) is 0.588. The molecule has 0 atom stereocenters. The molecule has 0 spiro atoms. The van der Waals surface area contributed by atoms with Crippen molar-refractivity contribution in [1.29, 1.82) is 0 Å². The Hall–Kier alpha value is -1.86. The average molecular weight is 312 g/mol. The van der Waals surface area contributed by atoms with E-state index in [4.69, 9.17) is 0 Å². The highest BCUT2D eigenvalue weighted by molar-refractivity contribution is 5.69. The van der Waals surface area contributed by atoms with Gasteiger partial charge in [0, 0.05) is 12.0 Å². The molecule has 8 heteroatoms. The van der Waals surface area contributed by atoms with Gasteiger partial charge in [-0.2, -0.15) is 0 Å². The Kier molecular flexibility index (Phi) is 5.92. The Morgan fingerprint density at radius 3 is 2.48 bits per heavy atom. The van der Waals surface area contributed by atoms with Crippen molar-refractivity contribution < 1.29 is 36.2 Å². The number of ether oxygens (including phenoxy) is 2. The average Bonchev–Trinajstić information content (AvgIpc) is 2.35. The van der Waals surface area contributed by atoms with E-state index in [-0.39, 0.29) is 25.0 Å². The van der Waals surface area contributed by atoms with E-state index in [0.717, 1.165) is 12.1 Å². The Morgan fingerprint density at radius 2 is 1.95 bits per heavy atom. The van der Waals surface area contributed by atoms with Crippen molar-refractivity contribution in [1.82, 2.24) is 0 Å². The van der Waals surface area contributed by atoms with E-state index in [9.17, 15) is 26.7 Å². The van der Waals surface area contributed by atoms with E-state index in [0.29, 0.717) is 6.07 Å². The van der Waals surface area contributed by atoms with Gasteiger partial charge in [0.2, 0.25) is 0 Å². The normalized spacial score (nSPS) is 11.6. The van der Waals surface area contributed by atoms with Crippen molar-refractivity contribution in [3.05, 3.63) is 29.3 Å². The van der Waals surface area contributed by atoms with Gasteiger partial charge in [-0.05, 0) is 31.0 Å². The molecule has 118 valence electrons. The second-order valence-corrected chi connectivity index (χ2v) is 4.01. The maximum atomic E-state index is 12.9. The lowest BCUT2D eigenvalue weighted by atomic mass is 10.0. The van der Waals surface area contributed by atoms with Gasteiger partial charge in [0.05, 0.1) is 6.61 Å². The van der Waals surface area contributed by atoms with Gasteiger partial charge in [-0.15, -0.1) is 13.2 Å². The van der Waals surface area contributed by atoms with Crippen LogP contribution in [0, 0.1) is 0 Å². The highest BCUT2D eigenvalue weighted by Gasteiger charge is 2.31. The molecule has 21 heavy (non-hydrogen) atoms. The van der Waals surface area contributed by atoms with E-state index in [1.54, 1.807) is 6.92 Å². The van der Waals surface area contributed by atoms with Crippen LogP contribution in [0.25, 0.3) is 0 Å². The second-order valence-electron chi connectivity index (χ2n) is 4.01. The van der Waals surface area contributed by atoms with E-state index in [1.165, 1.54) is 0 Å². The smallest absolute Gasteiger partial charge is 0.466 e. The fourth-order valence-electron chi connectivity index (χ4n) is 1.67. The zero-order chi connectivity index (χ0) is 16.0. The molecule has 0 saturated carbocycles. The van der Waals surface area contributed by atoms with Crippen LogP contribution in [0.2, 0.25) is 0 Å². The minimum Gasteiger partial charge on any atom is -0.466 e. The molecule has 0 aromatic heterocycles. The monoisotopic (exact) mass is 312 g/mol. The van der Waals surface area contributed by atoms with Gasteiger partial charge >= 0.3 is 12.3 Å². The van der Waals surface area contributed by atoms with E-state index in [1.807, 2.05) is 0 Å². The zero-order valence-corrected chi connectivity index (χ0v) is 11.0. The van der Waals surface area contributed by atoms with Crippen LogP contribution < -0.4 is 4.74 Å². The molecule has 1 rings (SSSR count). The predicted molar refractivity (Wildman–Crippen MR) is 63.0 cm³/mol. The van der Waals surface area contributed by atoms with Crippen LogP contribution in [0.15, 0.2) is 18.2 Å². The molecule has 0 saturated heterocycles. The summed E-state index contributed by atoms with van der Waals surface area (Å²) < 4.78 is 70.1. The lowest BCUT2D eigenvalue weighted by molar-refractivity contribution is -0.274. The SMILES string of the molecule is CCOC(=O)CCc1ccc(OC(F)(F)F)cc1C(F)F. The lowest BCUT2D eigenvalue weighted by Crippen LogP contribution is -2.17. The molecule has 0 unspecified atom stereocenters. The van der Waals surface area contributed by atoms with Crippen molar-refractivity contribution in [2.45, 2.75) is 32.6 Å². The molecular formula is C13H13F5O3. The number of halogens is 5. The van der Waals surface area contributed by atoms with Gasteiger partial charge < -0.3 is 9.47 Å². The Labute approximate surface area is 117 Å². The number of benzene rings is 1. The number of hydrogen-bond donors (Lipinski definition) is 0. The minimum absolute atomic E-state index is 0.0508. The number of hydrogen-bond acceptors (Lipinski definition) is 3. The topological polar surface area (TPSA) is 35.5 Å². The lowest BCUT2D eigenvalue weighted by Gasteiger charge is -2.13. The first-order valence-corrected chi connectivity index (χ1v) is 6.05. The summed E-state index contributed by atoms with van der Waals surface area (Å²) in [5.41, 5.74) is -0.520. The summed E-state index contributed by atoms with van der Waals surface area (Å²) in [6, 6.07) is 2.64. The number of carbonyl (C=O) groups is 1. The van der Waals surface area contributed by atoms with Gasteiger partial charge in [-0.1, -0.05) is 6.07 Å². The molecule has 0 amide bonds. The van der Waals surface area contributed by atoms with Gasteiger partial charge in [0.1, 0.15) is 5.75 Å². The first-order chi connectivity index (χ1) is 9.73. The molecule has 0 aliphatic carbocycles. The molecule has 0 aliphatic heterocycles. The summed E-state index contributed by atoms with van der Waals surface area (Å²) in [6.45, 7) is 1.77. The largest absolute Gasteiger partial charge is 0.573 e. The summed E-state index contributed by atoms with van der Waals surface area (Å²) in [6.07, 6.45) is -8.11. The number of alkyl halides is 5. The fraction of sp³-hybridized carbons (Fsp3) is 0.462. The molecule has 1 aromatic rings. The first-order valence-electron chi connectivity index (χ1n) is 6.05. The van der Waals surface area contributed by atoms with Crippen LogP contribution in [0.5, 0.6) is 5.75 Å². The Bertz CT molecular complexity index is 485. The first kappa shape index (κ1) is 17.2. The number of carbonyl (C=O) groups excluding carboxylic acids is 1. The highest BCUT2D eigenvalue weighted by atomic mass is 19.4. The summed E-state index contributed by atoms with van der Waals surface area (Å²) in [5.74, 6) is -1.29. The van der Waals surface area contributed by atoms with Gasteiger partial charge in [0.25, 0.3) is 6.43 Å². The van der Waals surface area contributed by atoms with Gasteiger partial charge in [-0.25, -0.2) is 8.78 Å². The fourth-order valence-corrected chi connectivity index (χ4v) is 1.67. The minimum atomic E-state index is -4.95. The maximum Gasteiger partial charge on any atom is 0.573 e. The van der Waals surface area contributed by atoms with Gasteiger partial charge in [0.15, 0.2) is 0 Å². The van der Waals surface area contributed by atoms with Crippen LogP contribution in [-0.4, -0.2) is 18.9 Å². The van der Waals surface area contributed by atoms with Crippen LogP contribution in [-0.2, 0) is 16.0 Å². The standard InChI is InChI=1S/C13H13F5O3/c1-2-20-11(19)6-4-8-3-5-9(21-13(16,17)18)7-10(8)12(14)15/h3,5,7,12H,2,4,6H2,1H3. The molecular weight excluding hydrogens is 299 g/mol. The Morgan fingerprint density at radius 1 is 1.29 bits per heavy atom. The van der Waals surface area contributed by atoms with E-state index < -0.39 is 30.1 Å². The molecule has 0 heterocycles. The summed E-state index contributed by atoms with van der Waals surface area (Å²) in [4.78, 5) is 11.2. The number of esters is 1. The number of aryl methyl sites for hydroxylation is 1. The van der Waals surface area contributed by atoms with Crippen molar-refractivity contribution in [2.24, 2.45) is 0 Å². The van der Waals surface area contributed by atoms with Gasteiger partial charge in [-0.3, -0.25) is 4.79 Å². The summed E-state index contributed by atoms with van der Waals surface area (Å²) >= 11 is 0. The van der Waals surface area contributed by atoms with Crippen LogP contribution in [0.1, 0.15) is 30.9 Å². The molecule has 0 aliphatic rings. The third-order valence-electron chi connectivity index (χ3n) is 2.49. The van der Waals surface area contributed by atoms with Crippen molar-refractivity contribution in [3.63, 3.8) is 0 Å².